The Kier molecular flexibility index (Phi) is 8.41. The lowest BCUT2D eigenvalue weighted by Gasteiger charge is -2.28. The maximum absolute atomic E-state index is 13.8. The van der Waals surface area contributed by atoms with E-state index in [0.717, 1.165) is 33.4 Å². The van der Waals surface area contributed by atoms with Gasteiger partial charge in [0.2, 0.25) is 0 Å². The number of nitrogens with zero attached hydrogens (tertiary/aromatic N) is 2. The zero-order chi connectivity index (χ0) is 27.5. The largest absolute Gasteiger partial charge is 0.398 e. The molecule has 37 heavy (non-hydrogen) atoms. The highest BCUT2D eigenvalue weighted by atomic mass is 31.2. The molecule has 2 heterocycles. The van der Waals surface area contributed by atoms with Crippen LogP contribution in [0.5, 0.6) is 0 Å². The molecule has 196 valence electrons. The van der Waals surface area contributed by atoms with Crippen molar-refractivity contribution in [2.45, 2.75) is 33.1 Å². The van der Waals surface area contributed by atoms with Gasteiger partial charge < -0.3 is 25.0 Å². The second-order valence-electron chi connectivity index (χ2n) is 9.75. The lowest BCUT2D eigenvalue weighted by molar-refractivity contribution is 0.144. The van der Waals surface area contributed by atoms with E-state index in [1.165, 1.54) is 18.3 Å². The number of rotatable bonds is 7. The summed E-state index contributed by atoms with van der Waals surface area (Å²) in [6.45, 7) is 12.0. The molecule has 2 aromatic carbocycles. The molecule has 8 heteroatoms. The minimum absolute atomic E-state index is 0.323. The van der Waals surface area contributed by atoms with Crippen LogP contribution in [0.4, 0.5) is 10.1 Å². The summed E-state index contributed by atoms with van der Waals surface area (Å²) in [6, 6.07) is 13.8. The highest BCUT2D eigenvalue weighted by Crippen LogP contribution is 2.44. The van der Waals surface area contributed by atoms with E-state index in [9.17, 15) is 8.96 Å². The standard InChI is InChI=1S/C27H30FN4O2P.C2H6/c1-27(2,16-34-3)26-25(17-6-11-24(31-15-17)35(4,5)33)21-13-22(30)18(14-29)12-23(21)32(26)20-9-7-19(28)8-10-20;1-2/h6-15,29H,16,30H2,1-5H3;1-2H3. The maximum atomic E-state index is 13.8. The fourth-order valence-corrected chi connectivity index (χ4v) is 5.33. The molecule has 0 radical (unpaired) electrons. The van der Waals surface area contributed by atoms with Gasteiger partial charge in [-0.1, -0.05) is 33.8 Å². The Morgan fingerprint density at radius 1 is 1.14 bits per heavy atom. The van der Waals surface area contributed by atoms with E-state index in [1.807, 2.05) is 32.0 Å². The van der Waals surface area contributed by atoms with Crippen LogP contribution in [0.3, 0.4) is 0 Å². The predicted octanol–water partition coefficient (Wildman–Crippen LogP) is 6.61. The van der Waals surface area contributed by atoms with Crippen LogP contribution in [-0.2, 0) is 14.7 Å². The molecule has 0 saturated carbocycles. The van der Waals surface area contributed by atoms with E-state index in [1.54, 1.807) is 44.8 Å². The van der Waals surface area contributed by atoms with E-state index in [2.05, 4.69) is 23.4 Å². The van der Waals surface area contributed by atoms with Gasteiger partial charge in [-0.2, -0.15) is 0 Å². The molecule has 0 unspecified atom stereocenters. The smallest absolute Gasteiger partial charge is 0.127 e. The van der Waals surface area contributed by atoms with Gasteiger partial charge in [0.15, 0.2) is 0 Å². The van der Waals surface area contributed by atoms with Crippen LogP contribution in [0, 0.1) is 11.2 Å². The van der Waals surface area contributed by atoms with Crippen molar-refractivity contribution in [2.75, 3.05) is 32.8 Å². The van der Waals surface area contributed by atoms with Crippen LogP contribution >= 0.6 is 7.14 Å². The Hall–Kier alpha value is -3.28. The first kappa shape index (κ1) is 28.3. The highest BCUT2D eigenvalue weighted by molar-refractivity contribution is 7.69. The number of halogens is 1. The zero-order valence-electron chi connectivity index (χ0n) is 22.6. The summed E-state index contributed by atoms with van der Waals surface area (Å²) in [6.07, 6.45) is 2.97. The lowest BCUT2D eigenvalue weighted by atomic mass is 9.85. The number of benzene rings is 2. The number of nitrogen functional groups attached to an aromatic ring is 1. The lowest BCUT2D eigenvalue weighted by Crippen LogP contribution is -2.27. The Morgan fingerprint density at radius 3 is 2.30 bits per heavy atom. The molecule has 2 aromatic heterocycles. The number of ether oxygens (including phenoxy) is 1. The Morgan fingerprint density at radius 2 is 1.78 bits per heavy atom. The zero-order valence-corrected chi connectivity index (χ0v) is 23.5. The number of hydrogen-bond acceptors (Lipinski definition) is 5. The monoisotopic (exact) mass is 522 g/mol. The molecule has 0 saturated heterocycles. The Labute approximate surface area is 218 Å². The Balaban J connectivity index is 0.00000186. The second-order valence-corrected chi connectivity index (χ2v) is 12.9. The van der Waals surface area contributed by atoms with Gasteiger partial charge in [-0.25, -0.2) is 4.39 Å². The van der Waals surface area contributed by atoms with Crippen molar-refractivity contribution in [1.29, 1.82) is 5.41 Å². The van der Waals surface area contributed by atoms with Gasteiger partial charge >= 0.3 is 0 Å². The number of nitrogens with two attached hydrogens (primary N) is 1. The Bertz CT molecular complexity index is 1450. The van der Waals surface area contributed by atoms with Gasteiger partial charge in [0.1, 0.15) is 13.0 Å². The van der Waals surface area contributed by atoms with Gasteiger partial charge in [0.25, 0.3) is 0 Å². The van der Waals surface area contributed by atoms with Crippen molar-refractivity contribution < 1.29 is 13.7 Å². The molecule has 0 fully saturated rings. The number of anilines is 1. The number of fused-ring (bicyclic) bond motifs is 1. The van der Waals surface area contributed by atoms with Crippen molar-refractivity contribution in [3.63, 3.8) is 0 Å². The highest BCUT2D eigenvalue weighted by Gasteiger charge is 2.32. The fourth-order valence-electron chi connectivity index (χ4n) is 4.56. The molecule has 4 rings (SSSR count). The van der Waals surface area contributed by atoms with Crippen LogP contribution in [-0.4, -0.2) is 42.8 Å². The van der Waals surface area contributed by atoms with Crippen LogP contribution < -0.4 is 11.2 Å². The molecule has 0 spiro atoms. The molecule has 0 bridgehead atoms. The summed E-state index contributed by atoms with van der Waals surface area (Å²) in [5, 5.41) is 8.72. The van der Waals surface area contributed by atoms with Crippen molar-refractivity contribution in [3.8, 4) is 16.8 Å². The molecule has 0 aliphatic heterocycles. The molecule has 0 amide bonds. The first-order chi connectivity index (χ1) is 17.5. The summed E-state index contributed by atoms with van der Waals surface area (Å²) < 4.78 is 34.1. The van der Waals surface area contributed by atoms with Crippen molar-refractivity contribution >= 4 is 35.4 Å². The quantitative estimate of drug-likeness (QED) is 0.162. The van der Waals surface area contributed by atoms with E-state index in [0.29, 0.717) is 23.3 Å². The van der Waals surface area contributed by atoms with Gasteiger partial charge in [-0.05, 0) is 55.8 Å². The van der Waals surface area contributed by atoms with E-state index in [4.69, 9.17) is 15.9 Å². The summed E-state index contributed by atoms with van der Waals surface area (Å²) in [5.74, 6) is -0.323. The summed E-state index contributed by atoms with van der Waals surface area (Å²) >= 11 is 0. The molecular weight excluding hydrogens is 486 g/mol. The van der Waals surface area contributed by atoms with E-state index in [-0.39, 0.29) is 5.82 Å². The molecule has 0 aliphatic carbocycles. The molecular formula is C29H36FN4O2P. The van der Waals surface area contributed by atoms with Gasteiger partial charge in [0.05, 0.1) is 17.6 Å². The van der Waals surface area contributed by atoms with Crippen LogP contribution in [0.2, 0.25) is 0 Å². The van der Waals surface area contributed by atoms with Crippen molar-refractivity contribution in [3.05, 3.63) is 71.8 Å². The summed E-state index contributed by atoms with van der Waals surface area (Å²) in [4.78, 5) is 4.53. The van der Waals surface area contributed by atoms with Gasteiger partial charge in [0, 0.05) is 64.1 Å². The third-order valence-corrected chi connectivity index (χ3v) is 7.51. The maximum Gasteiger partial charge on any atom is 0.127 e. The minimum Gasteiger partial charge on any atom is -0.398 e. The fraction of sp³-hybridized carbons (Fsp3) is 0.310. The molecule has 0 aliphatic rings. The number of nitrogens with one attached hydrogen (secondary N) is 1. The first-order valence-corrected chi connectivity index (χ1v) is 14.8. The minimum atomic E-state index is -2.52. The van der Waals surface area contributed by atoms with E-state index >= 15 is 0 Å². The number of pyridine rings is 1. The molecule has 4 aromatic rings. The van der Waals surface area contributed by atoms with Crippen LogP contribution in [0.1, 0.15) is 39.0 Å². The third kappa shape index (κ3) is 5.53. The number of hydrogen-bond donors (Lipinski definition) is 2. The normalized spacial score (nSPS) is 11.8. The second kappa shape index (κ2) is 11.0. The third-order valence-electron chi connectivity index (χ3n) is 6.15. The van der Waals surface area contributed by atoms with Crippen molar-refractivity contribution in [2.24, 2.45) is 0 Å². The first-order valence-electron chi connectivity index (χ1n) is 12.2. The topological polar surface area (TPSA) is 94.0 Å². The molecule has 0 atom stereocenters. The van der Waals surface area contributed by atoms with Crippen molar-refractivity contribution in [1.82, 2.24) is 9.55 Å². The van der Waals surface area contributed by atoms with Crippen LogP contribution in [0.25, 0.3) is 27.7 Å². The summed E-state index contributed by atoms with van der Waals surface area (Å²) in [5.41, 5.74) is 11.8. The molecule has 6 nitrogen and oxygen atoms in total. The average Bonchev–Trinajstić information content (AvgIpc) is 3.19. The average molecular weight is 523 g/mol. The summed E-state index contributed by atoms with van der Waals surface area (Å²) in [7, 11) is -0.855. The number of methoxy groups -OCH3 is 1. The SMILES string of the molecule is CC.COCC(C)(C)c1c(-c2ccc(P(C)(C)=O)nc2)c2cc(N)c(C=N)cc2n1-c1ccc(F)cc1. The van der Waals surface area contributed by atoms with E-state index < -0.39 is 12.6 Å². The van der Waals surface area contributed by atoms with Gasteiger partial charge in [-0.15, -0.1) is 0 Å². The predicted molar refractivity (Wildman–Crippen MR) is 154 cm³/mol. The molecule has 3 N–H and O–H groups in total. The van der Waals surface area contributed by atoms with Crippen LogP contribution in [0.15, 0.2) is 54.7 Å². The number of aromatic nitrogens is 2. The van der Waals surface area contributed by atoms with Gasteiger partial charge in [-0.3, -0.25) is 4.98 Å².